The van der Waals surface area contributed by atoms with Gasteiger partial charge in [-0.15, -0.1) is 12.4 Å². The van der Waals surface area contributed by atoms with Crippen LogP contribution in [0.25, 0.3) is 0 Å². The van der Waals surface area contributed by atoms with Gasteiger partial charge in [0.05, 0.1) is 5.75 Å². The SMILES string of the molecule is Cl.NCCS.O=C1CSCCN1. The van der Waals surface area contributed by atoms with Crippen LogP contribution in [0.4, 0.5) is 0 Å². The molecule has 1 rings (SSSR count). The van der Waals surface area contributed by atoms with Gasteiger partial charge in [-0.2, -0.15) is 24.4 Å². The van der Waals surface area contributed by atoms with Crippen molar-refractivity contribution in [2.45, 2.75) is 0 Å². The van der Waals surface area contributed by atoms with Gasteiger partial charge in [-0.3, -0.25) is 4.79 Å². The Kier molecular flexibility index (Phi) is 14.2. The highest BCUT2D eigenvalue weighted by Gasteiger charge is 2.04. The number of carbonyl (C=O) groups excluding carboxylic acids is 1. The second-order valence-corrected chi connectivity index (χ2v) is 3.47. The van der Waals surface area contributed by atoms with Crippen molar-refractivity contribution in [3.05, 3.63) is 0 Å². The molecule has 1 heterocycles. The Labute approximate surface area is 89.0 Å². The van der Waals surface area contributed by atoms with Gasteiger partial charge >= 0.3 is 0 Å². The zero-order valence-corrected chi connectivity index (χ0v) is 9.31. The van der Waals surface area contributed by atoms with Crippen molar-refractivity contribution in [2.24, 2.45) is 5.73 Å². The van der Waals surface area contributed by atoms with Gasteiger partial charge in [0.15, 0.2) is 0 Å². The van der Waals surface area contributed by atoms with Crippen molar-refractivity contribution >= 4 is 42.7 Å². The molecule has 6 heteroatoms. The molecule has 74 valence electrons. The second-order valence-electron chi connectivity index (χ2n) is 1.91. The molecule has 0 unspecified atom stereocenters. The largest absolute Gasteiger partial charge is 0.355 e. The van der Waals surface area contributed by atoms with Crippen molar-refractivity contribution in [2.75, 3.05) is 30.3 Å². The average Bonchev–Trinajstić information content (AvgIpc) is 2.07. The number of nitrogens with one attached hydrogen (secondary N) is 1. The third-order valence-electron chi connectivity index (χ3n) is 0.931. The van der Waals surface area contributed by atoms with Gasteiger partial charge < -0.3 is 11.1 Å². The first-order chi connectivity index (χ1) is 5.31. The molecule has 0 bridgehead atoms. The first-order valence-electron chi connectivity index (χ1n) is 3.46. The van der Waals surface area contributed by atoms with Gasteiger partial charge in [-0.25, -0.2) is 0 Å². The third kappa shape index (κ3) is 10.4. The summed E-state index contributed by atoms with van der Waals surface area (Å²) in [6.45, 7) is 1.53. The van der Waals surface area contributed by atoms with E-state index in [-0.39, 0.29) is 18.3 Å². The first-order valence-corrected chi connectivity index (χ1v) is 5.25. The zero-order valence-electron chi connectivity index (χ0n) is 6.78. The maximum Gasteiger partial charge on any atom is 0.230 e. The molecule has 1 amide bonds. The van der Waals surface area contributed by atoms with Crippen LogP contribution < -0.4 is 11.1 Å². The number of nitrogens with two attached hydrogens (primary N) is 1. The number of hydrogen-bond donors (Lipinski definition) is 3. The van der Waals surface area contributed by atoms with E-state index in [1.54, 1.807) is 11.8 Å². The first kappa shape index (κ1) is 14.9. The summed E-state index contributed by atoms with van der Waals surface area (Å²) < 4.78 is 0. The predicted molar refractivity (Wildman–Crippen MR) is 60.5 cm³/mol. The second kappa shape index (κ2) is 11.4. The van der Waals surface area contributed by atoms with Crippen molar-refractivity contribution in [3.63, 3.8) is 0 Å². The Morgan fingerprint density at radius 2 is 2.25 bits per heavy atom. The summed E-state index contributed by atoms with van der Waals surface area (Å²) in [5.41, 5.74) is 4.95. The van der Waals surface area contributed by atoms with E-state index < -0.39 is 0 Å². The lowest BCUT2D eigenvalue weighted by atomic mass is 10.6. The summed E-state index contributed by atoms with van der Waals surface area (Å²) in [6, 6.07) is 0. The highest BCUT2D eigenvalue weighted by atomic mass is 35.5. The number of carbonyl (C=O) groups is 1. The number of hydrogen-bond acceptors (Lipinski definition) is 4. The monoisotopic (exact) mass is 230 g/mol. The molecule has 0 spiro atoms. The Morgan fingerprint density at radius 3 is 2.42 bits per heavy atom. The summed E-state index contributed by atoms with van der Waals surface area (Å²) in [5.74, 6) is 2.70. The van der Waals surface area contributed by atoms with E-state index in [9.17, 15) is 4.79 Å². The number of rotatable bonds is 1. The molecular weight excluding hydrogens is 216 g/mol. The Bertz CT molecular complexity index is 106. The van der Waals surface area contributed by atoms with Gasteiger partial charge in [-0.1, -0.05) is 0 Å². The molecule has 0 aromatic carbocycles. The van der Waals surface area contributed by atoms with E-state index in [4.69, 9.17) is 5.73 Å². The Morgan fingerprint density at radius 1 is 1.67 bits per heavy atom. The molecule has 1 aliphatic rings. The van der Waals surface area contributed by atoms with Crippen LogP contribution in [-0.2, 0) is 4.79 Å². The van der Waals surface area contributed by atoms with Crippen molar-refractivity contribution < 1.29 is 4.79 Å². The molecular formula is C6H15ClN2OS2. The van der Waals surface area contributed by atoms with E-state index in [2.05, 4.69) is 17.9 Å². The van der Waals surface area contributed by atoms with Gasteiger partial charge in [0.25, 0.3) is 0 Å². The van der Waals surface area contributed by atoms with Crippen molar-refractivity contribution in [3.8, 4) is 0 Å². The topological polar surface area (TPSA) is 55.1 Å². The van der Waals surface area contributed by atoms with Crippen molar-refractivity contribution in [1.29, 1.82) is 0 Å². The minimum Gasteiger partial charge on any atom is -0.355 e. The third-order valence-corrected chi connectivity index (χ3v) is 2.15. The fourth-order valence-corrected chi connectivity index (χ4v) is 1.16. The lowest BCUT2D eigenvalue weighted by molar-refractivity contribution is -0.118. The van der Waals surface area contributed by atoms with Crippen LogP contribution >= 0.6 is 36.8 Å². The highest BCUT2D eigenvalue weighted by Crippen LogP contribution is 2.00. The van der Waals surface area contributed by atoms with Crippen LogP contribution in [0.15, 0.2) is 0 Å². The molecule has 0 saturated carbocycles. The van der Waals surface area contributed by atoms with Gasteiger partial charge in [0, 0.05) is 24.6 Å². The lowest BCUT2D eigenvalue weighted by Crippen LogP contribution is -2.31. The van der Waals surface area contributed by atoms with Crippen LogP contribution in [0, 0.1) is 0 Å². The molecule has 1 aliphatic heterocycles. The summed E-state index contributed by atoms with van der Waals surface area (Å²) >= 11 is 5.49. The number of thioether (sulfide) groups is 1. The normalized spacial score (nSPS) is 15.0. The summed E-state index contributed by atoms with van der Waals surface area (Å²) in [6.07, 6.45) is 0. The maximum atomic E-state index is 10.3. The van der Waals surface area contributed by atoms with Gasteiger partial charge in [-0.05, 0) is 0 Å². The fraction of sp³-hybridized carbons (Fsp3) is 0.833. The predicted octanol–water partition coefficient (Wildman–Crippen LogP) is 0.146. The number of halogens is 1. The Hall–Kier alpha value is 0.420. The lowest BCUT2D eigenvalue weighted by Gasteiger charge is -2.08. The number of thiol groups is 1. The molecule has 0 aromatic rings. The van der Waals surface area contributed by atoms with Crippen molar-refractivity contribution in [1.82, 2.24) is 5.32 Å². The minimum atomic E-state index is 0. The Balaban J connectivity index is 0. The molecule has 3 N–H and O–H groups in total. The maximum absolute atomic E-state index is 10.3. The van der Waals surface area contributed by atoms with Crippen LogP contribution in [-0.4, -0.2) is 36.3 Å². The van der Waals surface area contributed by atoms with Crippen LogP contribution in [0.5, 0.6) is 0 Å². The minimum absolute atomic E-state index is 0. The number of amides is 1. The van der Waals surface area contributed by atoms with E-state index in [0.29, 0.717) is 12.3 Å². The molecule has 3 nitrogen and oxygen atoms in total. The molecule has 0 atom stereocenters. The van der Waals surface area contributed by atoms with E-state index in [1.165, 1.54) is 0 Å². The molecule has 0 aliphatic carbocycles. The van der Waals surface area contributed by atoms with Gasteiger partial charge in [0.2, 0.25) is 5.91 Å². The smallest absolute Gasteiger partial charge is 0.230 e. The van der Waals surface area contributed by atoms with E-state index in [1.807, 2.05) is 0 Å². The van der Waals surface area contributed by atoms with Crippen LogP contribution in [0.1, 0.15) is 0 Å². The molecule has 1 saturated heterocycles. The van der Waals surface area contributed by atoms with Crippen LogP contribution in [0.2, 0.25) is 0 Å². The highest BCUT2D eigenvalue weighted by molar-refractivity contribution is 8.00. The molecule has 0 aromatic heterocycles. The summed E-state index contributed by atoms with van der Waals surface area (Å²) in [4.78, 5) is 10.3. The van der Waals surface area contributed by atoms with Crippen LogP contribution in [0.3, 0.4) is 0 Å². The zero-order chi connectivity index (χ0) is 8.53. The summed E-state index contributed by atoms with van der Waals surface area (Å²) in [7, 11) is 0. The molecule has 1 fully saturated rings. The standard InChI is InChI=1S/C4H7NOS.C2H7NS.ClH/c6-4-3-7-2-1-5-4;3-1-2-4;/h1-3H2,(H,5,6);4H,1-3H2;1H. The van der Waals surface area contributed by atoms with E-state index >= 15 is 0 Å². The molecule has 0 radical (unpaired) electrons. The quantitative estimate of drug-likeness (QED) is 0.562. The molecule has 12 heavy (non-hydrogen) atoms. The van der Waals surface area contributed by atoms with Gasteiger partial charge in [0.1, 0.15) is 0 Å². The van der Waals surface area contributed by atoms with E-state index in [0.717, 1.165) is 18.1 Å². The average molecular weight is 231 g/mol. The fourth-order valence-electron chi connectivity index (χ4n) is 0.479. The summed E-state index contributed by atoms with van der Waals surface area (Å²) in [5, 5.41) is 2.72.